The zero-order chi connectivity index (χ0) is 18.6. The topological polar surface area (TPSA) is 125 Å². The van der Waals surface area contributed by atoms with Crippen LogP contribution in [0.3, 0.4) is 0 Å². The first-order valence-electron chi connectivity index (χ1n) is 7.52. The van der Waals surface area contributed by atoms with Gasteiger partial charge in [0.15, 0.2) is 11.9 Å². The number of hydrogen-bond acceptors (Lipinski definition) is 7. The van der Waals surface area contributed by atoms with Crippen LogP contribution in [0, 0.1) is 24.0 Å². The number of nitro benzene ring substituents is 1. The van der Waals surface area contributed by atoms with E-state index in [2.05, 4.69) is 10.5 Å². The van der Waals surface area contributed by atoms with E-state index in [9.17, 15) is 19.7 Å². The molecule has 1 aromatic heterocycles. The fourth-order valence-corrected chi connectivity index (χ4v) is 2.21. The van der Waals surface area contributed by atoms with Crippen molar-refractivity contribution in [2.45, 2.75) is 33.3 Å². The summed E-state index contributed by atoms with van der Waals surface area (Å²) in [6, 6.07) is 5.76. The van der Waals surface area contributed by atoms with Gasteiger partial charge in [0.1, 0.15) is 11.3 Å². The lowest BCUT2D eigenvalue weighted by Gasteiger charge is -2.15. The van der Waals surface area contributed by atoms with Gasteiger partial charge in [-0.1, -0.05) is 24.2 Å². The Balaban J connectivity index is 2.17. The van der Waals surface area contributed by atoms with E-state index in [1.165, 1.54) is 18.2 Å². The number of aryl methyl sites for hydroxylation is 2. The van der Waals surface area contributed by atoms with Crippen molar-refractivity contribution in [2.75, 3.05) is 5.32 Å². The van der Waals surface area contributed by atoms with Gasteiger partial charge in [0.2, 0.25) is 0 Å². The van der Waals surface area contributed by atoms with Gasteiger partial charge in [-0.05, 0) is 25.8 Å². The van der Waals surface area contributed by atoms with Crippen molar-refractivity contribution in [1.82, 2.24) is 5.16 Å². The first kappa shape index (κ1) is 18.1. The third kappa shape index (κ3) is 4.19. The standard InChI is InChI=1S/C16H17N3O6/c1-4-12(15(20)17-13-8-10(3)25-18-13)24-16(21)14-9(2)6-5-7-11(14)19(22)23/h5-8,12H,4H2,1-3H3,(H,17,18,20)/t12-/m0/s1. The zero-order valence-corrected chi connectivity index (χ0v) is 13.9. The first-order valence-corrected chi connectivity index (χ1v) is 7.52. The Hall–Kier alpha value is -3.23. The summed E-state index contributed by atoms with van der Waals surface area (Å²) >= 11 is 0. The number of benzene rings is 1. The summed E-state index contributed by atoms with van der Waals surface area (Å²) in [5, 5.41) is 17.2. The Morgan fingerprint density at radius 2 is 2.12 bits per heavy atom. The smallest absolute Gasteiger partial charge is 0.346 e. The van der Waals surface area contributed by atoms with E-state index in [-0.39, 0.29) is 23.5 Å². The molecule has 9 heteroatoms. The van der Waals surface area contributed by atoms with Gasteiger partial charge in [0.25, 0.3) is 11.6 Å². The highest BCUT2D eigenvalue weighted by molar-refractivity contribution is 5.99. The molecule has 0 saturated carbocycles. The molecular weight excluding hydrogens is 330 g/mol. The minimum Gasteiger partial charge on any atom is -0.448 e. The van der Waals surface area contributed by atoms with Gasteiger partial charge in [-0.25, -0.2) is 4.79 Å². The fourth-order valence-electron chi connectivity index (χ4n) is 2.21. The molecule has 1 N–H and O–H groups in total. The maximum Gasteiger partial charge on any atom is 0.346 e. The van der Waals surface area contributed by atoms with Crippen molar-refractivity contribution in [3.63, 3.8) is 0 Å². The third-order valence-electron chi connectivity index (χ3n) is 3.44. The highest BCUT2D eigenvalue weighted by atomic mass is 16.6. The predicted molar refractivity (Wildman–Crippen MR) is 87.2 cm³/mol. The normalized spacial score (nSPS) is 11.6. The summed E-state index contributed by atoms with van der Waals surface area (Å²) in [6.45, 7) is 4.87. The third-order valence-corrected chi connectivity index (χ3v) is 3.44. The molecule has 0 fully saturated rings. The molecule has 0 saturated heterocycles. The van der Waals surface area contributed by atoms with E-state index in [0.29, 0.717) is 11.3 Å². The SMILES string of the molecule is CC[C@H](OC(=O)c1c(C)cccc1[N+](=O)[O-])C(=O)Nc1cc(C)on1. The van der Waals surface area contributed by atoms with Crippen LogP contribution in [0.25, 0.3) is 0 Å². The molecule has 0 aliphatic heterocycles. The summed E-state index contributed by atoms with van der Waals surface area (Å²) in [6.07, 6.45) is -0.933. The maximum atomic E-state index is 12.4. The van der Waals surface area contributed by atoms with Crippen molar-refractivity contribution >= 4 is 23.4 Å². The van der Waals surface area contributed by atoms with Gasteiger partial charge < -0.3 is 14.6 Å². The summed E-state index contributed by atoms with van der Waals surface area (Å²) in [7, 11) is 0. The minimum absolute atomic E-state index is 0.170. The monoisotopic (exact) mass is 347 g/mol. The Morgan fingerprint density at radius 1 is 1.40 bits per heavy atom. The van der Waals surface area contributed by atoms with Gasteiger partial charge in [-0.15, -0.1) is 0 Å². The number of amides is 1. The number of carbonyl (C=O) groups is 2. The van der Waals surface area contributed by atoms with Crippen LogP contribution in [0.5, 0.6) is 0 Å². The van der Waals surface area contributed by atoms with Crippen molar-refractivity contribution in [3.8, 4) is 0 Å². The van der Waals surface area contributed by atoms with Gasteiger partial charge >= 0.3 is 5.97 Å². The quantitative estimate of drug-likeness (QED) is 0.484. The molecule has 0 bridgehead atoms. The van der Waals surface area contributed by atoms with Gasteiger partial charge in [-0.3, -0.25) is 14.9 Å². The second-order valence-corrected chi connectivity index (χ2v) is 5.34. The van der Waals surface area contributed by atoms with E-state index in [1.54, 1.807) is 26.8 Å². The van der Waals surface area contributed by atoms with Crippen LogP contribution in [0.15, 0.2) is 28.8 Å². The van der Waals surface area contributed by atoms with E-state index in [4.69, 9.17) is 9.26 Å². The van der Waals surface area contributed by atoms with Crippen LogP contribution in [0.1, 0.15) is 35.0 Å². The van der Waals surface area contributed by atoms with Crippen molar-refractivity contribution in [2.24, 2.45) is 0 Å². The summed E-state index contributed by atoms with van der Waals surface area (Å²) in [5.41, 5.74) is -0.148. The number of nitrogens with zero attached hydrogens (tertiary/aromatic N) is 2. The molecule has 2 aromatic rings. The van der Waals surface area contributed by atoms with Crippen LogP contribution >= 0.6 is 0 Å². The highest BCUT2D eigenvalue weighted by Crippen LogP contribution is 2.23. The first-order chi connectivity index (χ1) is 11.8. The molecule has 1 amide bonds. The Morgan fingerprint density at radius 3 is 2.68 bits per heavy atom. The van der Waals surface area contributed by atoms with Crippen LogP contribution in [0.4, 0.5) is 11.5 Å². The van der Waals surface area contributed by atoms with E-state index in [1.807, 2.05) is 0 Å². The van der Waals surface area contributed by atoms with E-state index >= 15 is 0 Å². The van der Waals surface area contributed by atoms with Gasteiger partial charge in [-0.2, -0.15) is 0 Å². The molecular formula is C16H17N3O6. The molecule has 0 aliphatic carbocycles. The minimum atomic E-state index is -1.12. The molecule has 2 rings (SSSR count). The second-order valence-electron chi connectivity index (χ2n) is 5.34. The number of aromatic nitrogens is 1. The molecule has 132 valence electrons. The van der Waals surface area contributed by atoms with Crippen LogP contribution in [-0.4, -0.2) is 28.1 Å². The maximum absolute atomic E-state index is 12.4. The molecule has 0 spiro atoms. The molecule has 25 heavy (non-hydrogen) atoms. The average Bonchev–Trinajstić information content (AvgIpc) is 2.96. The van der Waals surface area contributed by atoms with Crippen LogP contribution < -0.4 is 5.32 Å². The molecule has 1 aromatic carbocycles. The number of carbonyl (C=O) groups excluding carboxylic acids is 2. The van der Waals surface area contributed by atoms with Gasteiger partial charge in [0.05, 0.1) is 4.92 Å². The van der Waals surface area contributed by atoms with Gasteiger partial charge in [0, 0.05) is 12.1 Å². The zero-order valence-electron chi connectivity index (χ0n) is 13.9. The molecule has 0 aliphatic rings. The highest BCUT2D eigenvalue weighted by Gasteiger charge is 2.28. The Bertz CT molecular complexity index is 814. The summed E-state index contributed by atoms with van der Waals surface area (Å²) in [5.74, 6) is -0.821. The average molecular weight is 347 g/mol. The Kier molecular flexibility index (Phi) is 5.48. The summed E-state index contributed by atoms with van der Waals surface area (Å²) < 4.78 is 10.0. The number of nitro groups is 1. The molecule has 1 atom stereocenters. The summed E-state index contributed by atoms with van der Waals surface area (Å²) in [4.78, 5) is 35.0. The van der Waals surface area contributed by atoms with Crippen LogP contribution in [-0.2, 0) is 9.53 Å². The number of esters is 1. The lowest BCUT2D eigenvalue weighted by molar-refractivity contribution is -0.385. The van der Waals surface area contributed by atoms with E-state index < -0.39 is 22.9 Å². The lowest BCUT2D eigenvalue weighted by atomic mass is 10.1. The second kappa shape index (κ2) is 7.56. The van der Waals surface area contributed by atoms with Crippen molar-refractivity contribution < 1.29 is 23.8 Å². The number of anilines is 1. The number of rotatable bonds is 6. The molecule has 9 nitrogen and oxygen atoms in total. The largest absolute Gasteiger partial charge is 0.448 e. The number of ether oxygens (including phenoxy) is 1. The molecule has 0 unspecified atom stereocenters. The number of nitrogens with one attached hydrogen (secondary N) is 1. The van der Waals surface area contributed by atoms with Crippen LogP contribution in [0.2, 0.25) is 0 Å². The predicted octanol–water partition coefficient (Wildman–Crippen LogP) is 2.77. The lowest BCUT2D eigenvalue weighted by Crippen LogP contribution is -2.32. The molecule has 1 heterocycles. The fraction of sp³-hybridized carbons (Fsp3) is 0.312. The van der Waals surface area contributed by atoms with E-state index in [0.717, 1.165) is 0 Å². The van der Waals surface area contributed by atoms with Crippen molar-refractivity contribution in [1.29, 1.82) is 0 Å². The Labute approximate surface area is 143 Å². The number of hydrogen-bond donors (Lipinski definition) is 1. The van der Waals surface area contributed by atoms with Crippen molar-refractivity contribution in [3.05, 3.63) is 51.3 Å². The molecule has 0 radical (unpaired) electrons.